The van der Waals surface area contributed by atoms with Gasteiger partial charge in [-0.15, -0.1) is 11.3 Å². The van der Waals surface area contributed by atoms with E-state index < -0.39 is 10.0 Å². The van der Waals surface area contributed by atoms with Crippen molar-refractivity contribution in [1.29, 1.82) is 0 Å². The average molecular weight is 510 g/mol. The van der Waals surface area contributed by atoms with E-state index >= 15 is 0 Å². The third-order valence-corrected chi connectivity index (χ3v) is 9.46. The first-order valence-electron chi connectivity index (χ1n) is 11.4. The molecular formula is C23H31N3O6S2. The van der Waals surface area contributed by atoms with Gasteiger partial charge in [-0.2, -0.15) is 4.31 Å². The lowest BCUT2D eigenvalue weighted by Gasteiger charge is -2.46. The SMILES string of the molecule is CCOC(=O)C[C@@H]1COCCN1C[C@H]1CN(S(=O)(=O)c2cccs2)CCN1c1ccc(O)cc1. The number of hydrogen-bond acceptors (Lipinski definition) is 9. The van der Waals surface area contributed by atoms with Crippen LogP contribution in [0.1, 0.15) is 13.3 Å². The Labute approximate surface area is 204 Å². The molecule has 9 nitrogen and oxygen atoms in total. The molecule has 0 saturated carbocycles. The van der Waals surface area contributed by atoms with Gasteiger partial charge in [0.15, 0.2) is 0 Å². The third-order valence-electron chi connectivity index (χ3n) is 6.22. The normalized spacial score (nSPS) is 22.6. The van der Waals surface area contributed by atoms with E-state index in [4.69, 9.17) is 9.47 Å². The molecule has 2 fully saturated rings. The van der Waals surface area contributed by atoms with Crippen LogP contribution in [0.25, 0.3) is 0 Å². The first-order chi connectivity index (χ1) is 16.4. The van der Waals surface area contributed by atoms with E-state index in [1.54, 1.807) is 40.9 Å². The number of hydrogen-bond donors (Lipinski definition) is 1. The average Bonchev–Trinajstić information content (AvgIpc) is 3.37. The fraction of sp³-hybridized carbons (Fsp3) is 0.522. The zero-order valence-electron chi connectivity index (χ0n) is 19.2. The summed E-state index contributed by atoms with van der Waals surface area (Å²) in [6.45, 7) is 5.55. The number of aromatic hydroxyl groups is 1. The molecule has 0 radical (unpaired) electrons. The number of ether oxygens (including phenoxy) is 2. The summed E-state index contributed by atoms with van der Waals surface area (Å²) in [7, 11) is -3.58. The molecule has 34 heavy (non-hydrogen) atoms. The van der Waals surface area contributed by atoms with E-state index in [0.29, 0.717) is 56.8 Å². The number of anilines is 1. The van der Waals surface area contributed by atoms with Crippen molar-refractivity contribution in [3.8, 4) is 5.75 Å². The van der Waals surface area contributed by atoms with E-state index in [1.165, 1.54) is 11.3 Å². The van der Waals surface area contributed by atoms with Crippen LogP contribution in [0.2, 0.25) is 0 Å². The Kier molecular flexibility index (Phi) is 8.10. The van der Waals surface area contributed by atoms with Gasteiger partial charge in [-0.25, -0.2) is 8.42 Å². The number of carbonyl (C=O) groups excluding carboxylic acids is 1. The predicted molar refractivity (Wildman–Crippen MR) is 130 cm³/mol. The van der Waals surface area contributed by atoms with E-state index in [0.717, 1.165) is 5.69 Å². The number of rotatable bonds is 8. The summed E-state index contributed by atoms with van der Waals surface area (Å²) in [5.41, 5.74) is 0.922. The summed E-state index contributed by atoms with van der Waals surface area (Å²) >= 11 is 1.22. The first kappa shape index (κ1) is 24.9. The number of piperazine rings is 1. The lowest BCUT2D eigenvalue weighted by molar-refractivity contribution is -0.146. The number of morpholine rings is 1. The van der Waals surface area contributed by atoms with E-state index in [-0.39, 0.29) is 30.2 Å². The van der Waals surface area contributed by atoms with Gasteiger partial charge in [0, 0.05) is 44.5 Å². The Balaban J connectivity index is 1.56. The monoisotopic (exact) mass is 509 g/mol. The lowest BCUT2D eigenvalue weighted by Crippen LogP contribution is -2.60. The number of benzene rings is 1. The molecule has 4 rings (SSSR count). The summed E-state index contributed by atoms with van der Waals surface area (Å²) in [4.78, 5) is 16.6. The van der Waals surface area contributed by atoms with Gasteiger partial charge >= 0.3 is 5.97 Å². The van der Waals surface area contributed by atoms with Crippen LogP contribution in [0.4, 0.5) is 5.69 Å². The standard InChI is InChI=1S/C23H31N3O6S2/c1-2-32-22(28)14-19-17-31-12-11-24(19)15-20-16-25(34(29,30)23-4-3-13-33-23)9-10-26(20)18-5-7-21(27)8-6-18/h3-8,13,19-20,27H,2,9-12,14-17H2,1H3/t19-,20+/m1/s1. The number of sulfonamides is 1. The molecule has 2 saturated heterocycles. The molecule has 186 valence electrons. The zero-order chi connectivity index (χ0) is 24.1. The number of esters is 1. The summed E-state index contributed by atoms with van der Waals surface area (Å²) in [6.07, 6.45) is 0.233. The highest BCUT2D eigenvalue weighted by Gasteiger charge is 2.37. The van der Waals surface area contributed by atoms with Crippen molar-refractivity contribution in [2.75, 3.05) is 57.4 Å². The maximum Gasteiger partial charge on any atom is 0.307 e. The molecule has 0 bridgehead atoms. The Bertz CT molecular complexity index is 1050. The molecule has 2 atom stereocenters. The highest BCUT2D eigenvalue weighted by atomic mass is 32.2. The van der Waals surface area contributed by atoms with Crippen LogP contribution in [0.3, 0.4) is 0 Å². The second-order valence-electron chi connectivity index (χ2n) is 8.39. The van der Waals surface area contributed by atoms with E-state index in [2.05, 4.69) is 9.80 Å². The second-order valence-corrected chi connectivity index (χ2v) is 11.5. The molecule has 0 unspecified atom stereocenters. The minimum absolute atomic E-state index is 0.126. The Morgan fingerprint density at radius 3 is 2.68 bits per heavy atom. The van der Waals surface area contributed by atoms with E-state index in [9.17, 15) is 18.3 Å². The van der Waals surface area contributed by atoms with Crippen LogP contribution < -0.4 is 4.90 Å². The Hall–Kier alpha value is -2.18. The Morgan fingerprint density at radius 2 is 1.97 bits per heavy atom. The van der Waals surface area contributed by atoms with Crippen molar-refractivity contribution >= 4 is 33.0 Å². The summed E-state index contributed by atoms with van der Waals surface area (Å²) < 4.78 is 39.2. The number of thiophene rings is 1. The van der Waals surface area contributed by atoms with Gasteiger partial charge in [0.05, 0.1) is 32.3 Å². The van der Waals surface area contributed by atoms with Crippen molar-refractivity contribution in [3.63, 3.8) is 0 Å². The number of phenolic OH excluding ortho intramolecular Hbond substituents is 1. The van der Waals surface area contributed by atoms with Gasteiger partial charge in [-0.05, 0) is 42.6 Å². The molecule has 11 heteroatoms. The molecule has 1 aromatic heterocycles. The van der Waals surface area contributed by atoms with Gasteiger partial charge < -0.3 is 19.5 Å². The van der Waals surface area contributed by atoms with Crippen LogP contribution in [0, 0.1) is 0 Å². The second kappa shape index (κ2) is 11.0. The topological polar surface area (TPSA) is 99.6 Å². The number of carbonyl (C=O) groups is 1. The van der Waals surface area contributed by atoms with Gasteiger partial charge in [0.2, 0.25) is 0 Å². The van der Waals surface area contributed by atoms with Crippen LogP contribution in [0.15, 0.2) is 46.0 Å². The molecule has 3 heterocycles. The quantitative estimate of drug-likeness (QED) is 0.540. The Morgan fingerprint density at radius 1 is 1.18 bits per heavy atom. The molecule has 2 aliphatic heterocycles. The minimum atomic E-state index is -3.58. The van der Waals surface area contributed by atoms with Crippen LogP contribution in [-0.2, 0) is 24.3 Å². The fourth-order valence-electron chi connectivity index (χ4n) is 4.52. The minimum Gasteiger partial charge on any atom is -0.508 e. The smallest absolute Gasteiger partial charge is 0.307 e. The maximum atomic E-state index is 13.2. The molecule has 2 aromatic rings. The fourth-order valence-corrected chi connectivity index (χ4v) is 7.14. The van der Waals surface area contributed by atoms with Crippen LogP contribution in [0.5, 0.6) is 5.75 Å². The molecule has 0 aliphatic carbocycles. The summed E-state index contributed by atoms with van der Waals surface area (Å²) in [5.74, 6) is -0.0779. The molecule has 0 amide bonds. The van der Waals surface area contributed by atoms with Crippen molar-refractivity contribution in [3.05, 3.63) is 41.8 Å². The molecule has 2 aliphatic rings. The van der Waals surface area contributed by atoms with Crippen molar-refractivity contribution in [2.45, 2.75) is 29.6 Å². The van der Waals surface area contributed by atoms with Gasteiger partial charge in [-0.3, -0.25) is 9.69 Å². The maximum absolute atomic E-state index is 13.2. The van der Waals surface area contributed by atoms with Gasteiger partial charge in [0.1, 0.15) is 9.96 Å². The predicted octanol–water partition coefficient (Wildman–Crippen LogP) is 1.99. The molecule has 1 aromatic carbocycles. The van der Waals surface area contributed by atoms with Crippen molar-refractivity contribution in [2.24, 2.45) is 0 Å². The zero-order valence-corrected chi connectivity index (χ0v) is 20.8. The van der Waals surface area contributed by atoms with Gasteiger partial charge in [-0.1, -0.05) is 6.07 Å². The lowest BCUT2D eigenvalue weighted by atomic mass is 10.1. The first-order valence-corrected chi connectivity index (χ1v) is 13.8. The largest absolute Gasteiger partial charge is 0.508 e. The van der Waals surface area contributed by atoms with E-state index in [1.807, 2.05) is 12.1 Å². The number of nitrogens with zero attached hydrogens (tertiary/aromatic N) is 3. The highest BCUT2D eigenvalue weighted by molar-refractivity contribution is 7.91. The molecule has 0 spiro atoms. The molecular weight excluding hydrogens is 478 g/mol. The third kappa shape index (κ3) is 5.72. The summed E-state index contributed by atoms with van der Waals surface area (Å²) in [6, 6.07) is 10.1. The van der Waals surface area contributed by atoms with Crippen molar-refractivity contribution < 1.29 is 27.8 Å². The summed E-state index contributed by atoms with van der Waals surface area (Å²) in [5, 5.41) is 11.5. The highest BCUT2D eigenvalue weighted by Crippen LogP contribution is 2.28. The van der Waals surface area contributed by atoms with Crippen molar-refractivity contribution in [1.82, 2.24) is 9.21 Å². The van der Waals surface area contributed by atoms with Crippen LogP contribution >= 0.6 is 11.3 Å². The van der Waals surface area contributed by atoms with Crippen LogP contribution in [-0.4, -0.2) is 93.3 Å². The number of phenols is 1. The van der Waals surface area contributed by atoms with Gasteiger partial charge in [0.25, 0.3) is 10.0 Å². The molecule has 1 N–H and O–H groups in total.